The van der Waals surface area contributed by atoms with Crippen LogP contribution in [0.4, 0.5) is 0 Å². The first-order valence-electron chi connectivity index (χ1n) is 7.91. The Kier molecular flexibility index (Phi) is 4.91. The molecule has 1 saturated heterocycles. The van der Waals surface area contributed by atoms with Crippen molar-refractivity contribution in [2.45, 2.75) is 82.5 Å². The highest BCUT2D eigenvalue weighted by Gasteiger charge is 2.40. The van der Waals surface area contributed by atoms with E-state index in [0.29, 0.717) is 5.92 Å². The minimum Gasteiger partial charge on any atom is -0.379 e. The largest absolute Gasteiger partial charge is 0.379 e. The van der Waals surface area contributed by atoms with Crippen LogP contribution in [0.15, 0.2) is 0 Å². The fraction of sp³-hybridized carbons (Fsp3) is 1.00. The minimum atomic E-state index is -0.114. The lowest BCUT2D eigenvalue weighted by atomic mass is 9.73. The van der Waals surface area contributed by atoms with E-state index in [2.05, 4.69) is 13.8 Å². The molecule has 2 N–H and O–H groups in total. The third kappa shape index (κ3) is 3.93. The van der Waals surface area contributed by atoms with Gasteiger partial charge in [0.2, 0.25) is 0 Å². The third-order valence-electron chi connectivity index (χ3n) is 5.18. The van der Waals surface area contributed by atoms with Gasteiger partial charge in [-0.2, -0.15) is 0 Å². The van der Waals surface area contributed by atoms with Crippen molar-refractivity contribution in [2.24, 2.45) is 11.7 Å². The zero-order valence-corrected chi connectivity index (χ0v) is 12.9. The Morgan fingerprint density at radius 3 is 2.63 bits per heavy atom. The molecule has 0 aromatic heterocycles. The average molecular weight is 269 g/mol. The fourth-order valence-corrected chi connectivity index (χ4v) is 3.79. The molecular weight excluding hydrogens is 238 g/mol. The van der Waals surface area contributed by atoms with E-state index in [4.69, 9.17) is 15.2 Å². The molecule has 1 aliphatic carbocycles. The second-order valence-electron chi connectivity index (χ2n) is 7.18. The van der Waals surface area contributed by atoms with Gasteiger partial charge in [-0.15, -0.1) is 0 Å². The molecule has 1 spiro atoms. The van der Waals surface area contributed by atoms with Crippen molar-refractivity contribution in [3.63, 3.8) is 0 Å². The molecule has 0 bridgehead atoms. The Balaban J connectivity index is 1.93. The Labute approximate surface area is 118 Å². The van der Waals surface area contributed by atoms with Crippen LogP contribution in [0.3, 0.4) is 0 Å². The molecule has 1 aliphatic heterocycles. The number of rotatable bonds is 4. The van der Waals surface area contributed by atoms with Gasteiger partial charge in [0.25, 0.3) is 0 Å². The minimum absolute atomic E-state index is 0.114. The fourth-order valence-electron chi connectivity index (χ4n) is 3.79. The predicted molar refractivity (Wildman–Crippen MR) is 78.2 cm³/mol. The summed E-state index contributed by atoms with van der Waals surface area (Å²) in [5.74, 6) is 0.598. The van der Waals surface area contributed by atoms with E-state index in [9.17, 15) is 0 Å². The maximum absolute atomic E-state index is 6.46. The van der Waals surface area contributed by atoms with Crippen molar-refractivity contribution in [1.82, 2.24) is 0 Å². The normalized spacial score (nSPS) is 29.4. The molecule has 19 heavy (non-hydrogen) atoms. The maximum atomic E-state index is 6.46. The highest BCUT2D eigenvalue weighted by Crippen LogP contribution is 2.42. The van der Waals surface area contributed by atoms with Crippen molar-refractivity contribution in [3.8, 4) is 0 Å². The Morgan fingerprint density at radius 2 is 2.00 bits per heavy atom. The van der Waals surface area contributed by atoms with Gasteiger partial charge in [-0.05, 0) is 51.9 Å². The summed E-state index contributed by atoms with van der Waals surface area (Å²) in [7, 11) is 1.78. The summed E-state index contributed by atoms with van der Waals surface area (Å²) in [5.41, 5.74) is 6.51. The molecular formula is C16H31NO2. The molecule has 1 heterocycles. The number of methoxy groups -OCH3 is 1. The first-order chi connectivity index (χ1) is 8.96. The number of nitrogens with two attached hydrogens (primary N) is 1. The molecule has 2 unspecified atom stereocenters. The van der Waals surface area contributed by atoms with Gasteiger partial charge in [-0.3, -0.25) is 0 Å². The molecule has 3 nitrogen and oxygen atoms in total. The SMILES string of the molecule is COC(C)(C)CC(N)C1CCOC2(CCCCC2)C1. The summed E-state index contributed by atoms with van der Waals surface area (Å²) >= 11 is 0. The zero-order chi connectivity index (χ0) is 13.9. The van der Waals surface area contributed by atoms with Crippen LogP contribution in [0.1, 0.15) is 65.2 Å². The first kappa shape index (κ1) is 15.3. The molecule has 0 radical (unpaired) electrons. The van der Waals surface area contributed by atoms with Gasteiger partial charge in [0.15, 0.2) is 0 Å². The molecule has 2 rings (SSSR count). The quantitative estimate of drug-likeness (QED) is 0.852. The molecule has 2 fully saturated rings. The lowest BCUT2D eigenvalue weighted by Crippen LogP contribution is -2.48. The topological polar surface area (TPSA) is 44.5 Å². The number of ether oxygens (including phenoxy) is 2. The monoisotopic (exact) mass is 269 g/mol. The summed E-state index contributed by atoms with van der Waals surface area (Å²) in [4.78, 5) is 0. The van der Waals surface area contributed by atoms with Crippen molar-refractivity contribution in [3.05, 3.63) is 0 Å². The Hall–Kier alpha value is -0.120. The summed E-state index contributed by atoms with van der Waals surface area (Å²) in [5, 5.41) is 0. The van der Waals surface area contributed by atoms with E-state index < -0.39 is 0 Å². The second kappa shape index (κ2) is 6.11. The number of hydrogen-bond donors (Lipinski definition) is 1. The highest BCUT2D eigenvalue weighted by molar-refractivity contribution is 4.93. The molecule has 2 atom stereocenters. The van der Waals surface area contributed by atoms with Crippen LogP contribution >= 0.6 is 0 Å². The summed E-state index contributed by atoms with van der Waals surface area (Å²) in [6.45, 7) is 5.15. The van der Waals surface area contributed by atoms with Crippen LogP contribution in [-0.4, -0.2) is 31.0 Å². The van der Waals surface area contributed by atoms with Gasteiger partial charge < -0.3 is 15.2 Å². The van der Waals surface area contributed by atoms with Gasteiger partial charge >= 0.3 is 0 Å². The van der Waals surface area contributed by atoms with Crippen molar-refractivity contribution < 1.29 is 9.47 Å². The average Bonchev–Trinajstić information content (AvgIpc) is 2.39. The molecule has 2 aliphatic rings. The van der Waals surface area contributed by atoms with Crippen molar-refractivity contribution in [2.75, 3.05) is 13.7 Å². The molecule has 1 saturated carbocycles. The van der Waals surface area contributed by atoms with Gasteiger partial charge in [0.1, 0.15) is 0 Å². The van der Waals surface area contributed by atoms with Crippen molar-refractivity contribution in [1.29, 1.82) is 0 Å². The molecule has 112 valence electrons. The number of hydrogen-bond acceptors (Lipinski definition) is 3. The van der Waals surface area contributed by atoms with Gasteiger partial charge in [0, 0.05) is 19.8 Å². The second-order valence-corrected chi connectivity index (χ2v) is 7.18. The first-order valence-corrected chi connectivity index (χ1v) is 7.91. The van der Waals surface area contributed by atoms with Gasteiger partial charge in [-0.25, -0.2) is 0 Å². The van der Waals surface area contributed by atoms with Crippen LogP contribution in [0.25, 0.3) is 0 Å². The van der Waals surface area contributed by atoms with E-state index in [1.807, 2.05) is 0 Å². The van der Waals surface area contributed by atoms with Crippen LogP contribution in [-0.2, 0) is 9.47 Å². The Bertz CT molecular complexity index is 279. The van der Waals surface area contributed by atoms with Gasteiger partial charge in [-0.1, -0.05) is 19.3 Å². The molecule has 0 amide bonds. The van der Waals surface area contributed by atoms with Crippen LogP contribution in [0.5, 0.6) is 0 Å². The van der Waals surface area contributed by atoms with E-state index in [-0.39, 0.29) is 17.2 Å². The summed E-state index contributed by atoms with van der Waals surface area (Å²) < 4.78 is 11.7. The summed E-state index contributed by atoms with van der Waals surface area (Å²) in [6.07, 6.45) is 9.71. The van der Waals surface area contributed by atoms with E-state index in [1.165, 1.54) is 32.1 Å². The van der Waals surface area contributed by atoms with Crippen LogP contribution in [0.2, 0.25) is 0 Å². The Morgan fingerprint density at radius 1 is 1.32 bits per heavy atom. The van der Waals surface area contributed by atoms with Crippen LogP contribution < -0.4 is 5.73 Å². The predicted octanol–water partition coefficient (Wildman–Crippen LogP) is 3.26. The molecule has 3 heteroatoms. The smallest absolute Gasteiger partial charge is 0.0685 e. The lowest BCUT2D eigenvalue weighted by molar-refractivity contribution is -0.123. The van der Waals surface area contributed by atoms with E-state index in [0.717, 1.165) is 25.9 Å². The summed E-state index contributed by atoms with van der Waals surface area (Å²) in [6, 6.07) is 0.234. The zero-order valence-electron chi connectivity index (χ0n) is 12.9. The molecule has 0 aromatic carbocycles. The van der Waals surface area contributed by atoms with Crippen LogP contribution in [0, 0.1) is 5.92 Å². The molecule has 0 aromatic rings. The third-order valence-corrected chi connectivity index (χ3v) is 5.18. The van der Waals surface area contributed by atoms with E-state index in [1.54, 1.807) is 7.11 Å². The van der Waals surface area contributed by atoms with Gasteiger partial charge in [0.05, 0.1) is 11.2 Å². The maximum Gasteiger partial charge on any atom is 0.0685 e. The lowest BCUT2D eigenvalue weighted by Gasteiger charge is -2.45. The highest BCUT2D eigenvalue weighted by atomic mass is 16.5. The van der Waals surface area contributed by atoms with Crippen molar-refractivity contribution >= 4 is 0 Å². The van der Waals surface area contributed by atoms with E-state index >= 15 is 0 Å². The standard InChI is InChI=1S/C16H31NO2/c1-15(2,18-3)12-14(17)13-7-10-19-16(11-13)8-5-4-6-9-16/h13-14H,4-12,17H2,1-3H3.